The maximum absolute atomic E-state index is 12.1. The largest absolute Gasteiger partial charge is 0.493 e. The van der Waals surface area contributed by atoms with Crippen LogP contribution in [0.15, 0.2) is 72.8 Å². The Kier molecular flexibility index (Phi) is 5.94. The predicted molar refractivity (Wildman–Crippen MR) is 108 cm³/mol. The van der Waals surface area contributed by atoms with Crippen LogP contribution in [0.4, 0.5) is 17.1 Å². The van der Waals surface area contributed by atoms with E-state index in [0.29, 0.717) is 17.2 Å². The quantitative estimate of drug-likeness (QED) is 0.636. The Hall–Kier alpha value is -3.47. The van der Waals surface area contributed by atoms with Crippen molar-refractivity contribution in [3.05, 3.63) is 78.4 Å². The van der Waals surface area contributed by atoms with Gasteiger partial charge in [-0.05, 0) is 55.0 Å². The van der Waals surface area contributed by atoms with Gasteiger partial charge in [-0.3, -0.25) is 4.79 Å². The van der Waals surface area contributed by atoms with Crippen LogP contribution >= 0.6 is 0 Å². The molecule has 3 aromatic carbocycles. The molecule has 0 aliphatic carbocycles. The summed E-state index contributed by atoms with van der Waals surface area (Å²) in [5, 5.41) is 6.18. The first-order chi connectivity index (χ1) is 13.2. The third-order valence-corrected chi connectivity index (χ3v) is 4.02. The zero-order valence-electron chi connectivity index (χ0n) is 15.4. The second kappa shape index (κ2) is 8.76. The Bertz CT molecular complexity index is 907. The summed E-state index contributed by atoms with van der Waals surface area (Å²) in [5.41, 5.74) is 3.88. The molecule has 0 aliphatic rings. The second-order valence-electron chi connectivity index (χ2n) is 6.00. The molecule has 0 radical (unpaired) electrons. The van der Waals surface area contributed by atoms with E-state index >= 15 is 0 Å². The smallest absolute Gasteiger partial charge is 0.262 e. The fraction of sp³-hybridized carbons (Fsp3) is 0.136. The average Bonchev–Trinajstić information content (AvgIpc) is 2.70. The number of amides is 1. The van der Waals surface area contributed by atoms with Gasteiger partial charge in [-0.2, -0.15) is 0 Å². The fourth-order valence-electron chi connectivity index (χ4n) is 2.58. The van der Waals surface area contributed by atoms with Crippen LogP contribution in [0.3, 0.4) is 0 Å². The third-order valence-electron chi connectivity index (χ3n) is 4.02. The molecule has 0 saturated carbocycles. The fourth-order valence-corrected chi connectivity index (χ4v) is 2.58. The summed E-state index contributed by atoms with van der Waals surface area (Å²) in [6, 6.07) is 22.8. The summed E-state index contributed by atoms with van der Waals surface area (Å²) in [5.74, 6) is 0.894. The number of carbonyl (C=O) groups excluding carboxylic acids is 1. The molecule has 0 fully saturated rings. The maximum Gasteiger partial charge on any atom is 0.262 e. The molecule has 2 N–H and O–H groups in total. The lowest BCUT2D eigenvalue weighted by molar-refractivity contribution is -0.118. The van der Waals surface area contributed by atoms with E-state index in [4.69, 9.17) is 9.47 Å². The first-order valence-electron chi connectivity index (χ1n) is 8.64. The summed E-state index contributed by atoms with van der Waals surface area (Å²) in [4.78, 5) is 12.1. The monoisotopic (exact) mass is 362 g/mol. The van der Waals surface area contributed by atoms with E-state index in [9.17, 15) is 4.79 Å². The van der Waals surface area contributed by atoms with E-state index in [1.807, 2.05) is 54.6 Å². The second-order valence-corrected chi connectivity index (χ2v) is 6.00. The van der Waals surface area contributed by atoms with Gasteiger partial charge >= 0.3 is 0 Å². The molecule has 5 heteroatoms. The van der Waals surface area contributed by atoms with Crippen molar-refractivity contribution < 1.29 is 14.3 Å². The van der Waals surface area contributed by atoms with Gasteiger partial charge in [-0.25, -0.2) is 0 Å². The highest BCUT2D eigenvalue weighted by Gasteiger charge is 2.07. The maximum atomic E-state index is 12.1. The Labute approximate surface area is 158 Å². The van der Waals surface area contributed by atoms with Gasteiger partial charge in [0.05, 0.1) is 7.11 Å². The number of carbonyl (C=O) groups is 1. The number of benzene rings is 3. The van der Waals surface area contributed by atoms with E-state index in [2.05, 4.69) is 23.6 Å². The number of ether oxygens (including phenoxy) is 2. The van der Waals surface area contributed by atoms with Crippen LogP contribution in [0.2, 0.25) is 0 Å². The van der Waals surface area contributed by atoms with Crippen LogP contribution in [0.1, 0.15) is 5.56 Å². The number of hydrogen-bond donors (Lipinski definition) is 2. The number of hydrogen-bond acceptors (Lipinski definition) is 4. The number of aryl methyl sites for hydroxylation is 1. The lowest BCUT2D eigenvalue weighted by Crippen LogP contribution is -2.20. The molecular weight excluding hydrogens is 340 g/mol. The number of nitrogens with one attached hydrogen (secondary N) is 2. The number of methoxy groups -OCH3 is 1. The Morgan fingerprint density at radius 2 is 1.48 bits per heavy atom. The molecule has 0 atom stereocenters. The SMILES string of the molecule is COc1ccccc1OCC(=O)Nc1ccc(Nc2ccccc2C)cc1. The van der Waals surface area contributed by atoms with E-state index in [-0.39, 0.29) is 12.5 Å². The number of para-hydroxylation sites is 3. The Morgan fingerprint density at radius 1 is 0.852 bits per heavy atom. The van der Waals surface area contributed by atoms with Gasteiger partial charge in [-0.15, -0.1) is 0 Å². The lowest BCUT2D eigenvalue weighted by Gasteiger charge is -2.12. The molecule has 0 unspecified atom stereocenters. The van der Waals surface area contributed by atoms with Crippen molar-refractivity contribution in [2.45, 2.75) is 6.92 Å². The lowest BCUT2D eigenvalue weighted by atomic mass is 10.2. The summed E-state index contributed by atoms with van der Waals surface area (Å²) < 4.78 is 10.7. The summed E-state index contributed by atoms with van der Waals surface area (Å²) in [6.07, 6.45) is 0. The molecular formula is C22H22N2O3. The van der Waals surface area contributed by atoms with E-state index in [1.54, 1.807) is 19.2 Å². The molecule has 3 rings (SSSR count). The van der Waals surface area contributed by atoms with Crippen molar-refractivity contribution in [2.24, 2.45) is 0 Å². The first-order valence-corrected chi connectivity index (χ1v) is 8.64. The van der Waals surface area contributed by atoms with Crippen molar-refractivity contribution in [1.82, 2.24) is 0 Å². The highest BCUT2D eigenvalue weighted by molar-refractivity contribution is 5.92. The molecule has 3 aromatic rings. The van der Waals surface area contributed by atoms with Crippen molar-refractivity contribution in [3.63, 3.8) is 0 Å². The molecule has 5 nitrogen and oxygen atoms in total. The molecule has 0 saturated heterocycles. The Morgan fingerprint density at radius 3 is 2.19 bits per heavy atom. The van der Waals surface area contributed by atoms with Crippen LogP contribution in [-0.2, 0) is 4.79 Å². The highest BCUT2D eigenvalue weighted by Crippen LogP contribution is 2.26. The Balaban J connectivity index is 1.55. The minimum absolute atomic E-state index is 0.0937. The molecule has 0 heterocycles. The highest BCUT2D eigenvalue weighted by atomic mass is 16.5. The molecule has 0 aliphatic heterocycles. The van der Waals surface area contributed by atoms with E-state index < -0.39 is 0 Å². The van der Waals surface area contributed by atoms with Gasteiger partial charge in [0, 0.05) is 17.1 Å². The van der Waals surface area contributed by atoms with Gasteiger partial charge in [0.2, 0.25) is 0 Å². The number of anilines is 3. The van der Waals surface area contributed by atoms with Crippen LogP contribution in [0.25, 0.3) is 0 Å². The van der Waals surface area contributed by atoms with Crippen molar-refractivity contribution in [2.75, 3.05) is 24.4 Å². The van der Waals surface area contributed by atoms with E-state index in [0.717, 1.165) is 11.4 Å². The van der Waals surface area contributed by atoms with Gasteiger partial charge in [0.15, 0.2) is 18.1 Å². The zero-order valence-corrected chi connectivity index (χ0v) is 15.4. The van der Waals surface area contributed by atoms with Gasteiger partial charge in [-0.1, -0.05) is 30.3 Å². The first kappa shape index (κ1) is 18.3. The van der Waals surface area contributed by atoms with Crippen LogP contribution in [0.5, 0.6) is 11.5 Å². The standard InChI is InChI=1S/C22H22N2O3/c1-16-7-3-4-8-19(16)23-17-11-13-18(14-12-17)24-22(25)15-27-21-10-6-5-9-20(21)26-2/h3-14,23H,15H2,1-2H3,(H,24,25). The van der Waals surface area contributed by atoms with Crippen LogP contribution in [0, 0.1) is 6.92 Å². The third kappa shape index (κ3) is 5.01. The summed E-state index contributed by atoms with van der Waals surface area (Å²) in [7, 11) is 1.56. The van der Waals surface area contributed by atoms with Crippen molar-refractivity contribution >= 4 is 23.0 Å². The molecule has 138 valence electrons. The minimum Gasteiger partial charge on any atom is -0.493 e. The number of rotatable bonds is 7. The summed E-state index contributed by atoms with van der Waals surface area (Å²) >= 11 is 0. The topological polar surface area (TPSA) is 59.6 Å². The van der Waals surface area contributed by atoms with Gasteiger partial charge in [0.1, 0.15) is 0 Å². The molecule has 0 spiro atoms. The van der Waals surface area contributed by atoms with Crippen molar-refractivity contribution in [3.8, 4) is 11.5 Å². The molecule has 1 amide bonds. The predicted octanol–water partition coefficient (Wildman–Crippen LogP) is 4.76. The van der Waals surface area contributed by atoms with Crippen molar-refractivity contribution in [1.29, 1.82) is 0 Å². The zero-order chi connectivity index (χ0) is 19.1. The minimum atomic E-state index is -0.236. The van der Waals surface area contributed by atoms with Crippen LogP contribution < -0.4 is 20.1 Å². The average molecular weight is 362 g/mol. The molecule has 0 bridgehead atoms. The van der Waals surface area contributed by atoms with E-state index in [1.165, 1.54) is 5.56 Å². The normalized spacial score (nSPS) is 10.1. The molecule has 27 heavy (non-hydrogen) atoms. The van der Waals surface area contributed by atoms with Crippen LogP contribution in [-0.4, -0.2) is 19.6 Å². The van der Waals surface area contributed by atoms with Gasteiger partial charge < -0.3 is 20.1 Å². The van der Waals surface area contributed by atoms with Gasteiger partial charge in [0.25, 0.3) is 5.91 Å². The molecule has 0 aromatic heterocycles. The summed E-state index contributed by atoms with van der Waals surface area (Å²) in [6.45, 7) is 1.96.